The molecule has 0 spiro atoms. The number of rotatable bonds is 4. The monoisotopic (exact) mass is 349 g/mol. The zero-order valence-corrected chi connectivity index (χ0v) is 13.4. The summed E-state index contributed by atoms with van der Waals surface area (Å²) in [5.41, 5.74) is 3.43. The lowest BCUT2D eigenvalue weighted by atomic mass is 9.97. The average molecular weight is 350 g/mol. The van der Waals surface area contributed by atoms with Gasteiger partial charge in [-0.15, -0.1) is 0 Å². The molecule has 21 heavy (non-hydrogen) atoms. The lowest BCUT2D eigenvalue weighted by Gasteiger charge is -2.18. The van der Waals surface area contributed by atoms with Crippen molar-refractivity contribution in [2.45, 2.75) is 18.9 Å². The standard InChI is InChI=1S/C17H17BrFNO/c1-20-16(10-13-9-14(19)3-4-15(13)18)11-2-5-17-12(8-11)6-7-21-17/h2-5,8-9,16,20H,6-7,10H2,1H3. The zero-order chi connectivity index (χ0) is 14.8. The Balaban J connectivity index is 1.86. The van der Waals surface area contributed by atoms with Gasteiger partial charge in [-0.3, -0.25) is 0 Å². The van der Waals surface area contributed by atoms with Crippen molar-refractivity contribution in [2.75, 3.05) is 13.7 Å². The first-order valence-corrected chi connectivity index (χ1v) is 7.83. The van der Waals surface area contributed by atoms with Gasteiger partial charge in [0.2, 0.25) is 0 Å². The fraction of sp³-hybridized carbons (Fsp3) is 0.294. The average Bonchev–Trinajstić information content (AvgIpc) is 2.95. The summed E-state index contributed by atoms with van der Waals surface area (Å²) in [6.07, 6.45) is 1.69. The van der Waals surface area contributed by atoms with Gasteiger partial charge in [-0.1, -0.05) is 28.1 Å². The topological polar surface area (TPSA) is 21.3 Å². The molecule has 0 bridgehead atoms. The van der Waals surface area contributed by atoms with Crippen LogP contribution in [0.1, 0.15) is 22.7 Å². The molecule has 110 valence electrons. The molecule has 2 aromatic carbocycles. The Bertz CT molecular complexity index is 659. The van der Waals surface area contributed by atoms with Crippen molar-refractivity contribution >= 4 is 15.9 Å². The number of nitrogens with one attached hydrogen (secondary N) is 1. The zero-order valence-electron chi connectivity index (χ0n) is 11.8. The van der Waals surface area contributed by atoms with Crippen molar-refractivity contribution in [3.8, 4) is 5.75 Å². The minimum absolute atomic E-state index is 0.147. The SMILES string of the molecule is CNC(Cc1cc(F)ccc1Br)c1ccc2c(c1)CCO2. The molecule has 1 heterocycles. The number of ether oxygens (including phenoxy) is 1. The van der Waals surface area contributed by atoms with E-state index in [2.05, 4.69) is 33.4 Å². The van der Waals surface area contributed by atoms with Gasteiger partial charge in [0.1, 0.15) is 11.6 Å². The Morgan fingerprint density at radius 2 is 2.14 bits per heavy atom. The van der Waals surface area contributed by atoms with Crippen LogP contribution in [0.15, 0.2) is 40.9 Å². The van der Waals surface area contributed by atoms with Crippen molar-refractivity contribution in [1.82, 2.24) is 5.32 Å². The van der Waals surface area contributed by atoms with E-state index in [1.54, 1.807) is 12.1 Å². The quantitative estimate of drug-likeness (QED) is 0.899. The Labute approximate surface area is 132 Å². The predicted octanol–water partition coefficient (Wildman–Crippen LogP) is 4.03. The Morgan fingerprint density at radius 1 is 1.29 bits per heavy atom. The molecule has 0 saturated carbocycles. The van der Waals surface area contributed by atoms with Crippen molar-refractivity contribution in [3.05, 3.63) is 63.4 Å². The second-order valence-electron chi connectivity index (χ2n) is 5.25. The summed E-state index contributed by atoms with van der Waals surface area (Å²) < 4.78 is 19.9. The number of halogens is 2. The highest BCUT2D eigenvalue weighted by molar-refractivity contribution is 9.10. The van der Waals surface area contributed by atoms with Gasteiger partial charge >= 0.3 is 0 Å². The number of fused-ring (bicyclic) bond motifs is 1. The molecule has 4 heteroatoms. The summed E-state index contributed by atoms with van der Waals surface area (Å²) in [5, 5.41) is 3.32. The molecule has 0 aromatic heterocycles. The summed E-state index contributed by atoms with van der Waals surface area (Å²) in [6, 6.07) is 11.3. The minimum atomic E-state index is -0.203. The van der Waals surface area contributed by atoms with Crippen LogP contribution < -0.4 is 10.1 Å². The highest BCUT2D eigenvalue weighted by Gasteiger charge is 2.17. The van der Waals surface area contributed by atoms with E-state index in [0.29, 0.717) is 0 Å². The van der Waals surface area contributed by atoms with E-state index in [-0.39, 0.29) is 11.9 Å². The third kappa shape index (κ3) is 3.11. The molecule has 1 N–H and O–H groups in total. The van der Waals surface area contributed by atoms with Crippen LogP contribution in [0.5, 0.6) is 5.75 Å². The Hall–Kier alpha value is -1.39. The number of hydrogen-bond donors (Lipinski definition) is 1. The molecule has 0 amide bonds. The highest BCUT2D eigenvalue weighted by atomic mass is 79.9. The van der Waals surface area contributed by atoms with Gasteiger partial charge in [-0.25, -0.2) is 4.39 Å². The molecule has 0 fully saturated rings. The number of benzene rings is 2. The first-order valence-electron chi connectivity index (χ1n) is 7.04. The van der Waals surface area contributed by atoms with Crippen LogP contribution in [-0.2, 0) is 12.8 Å². The second kappa shape index (κ2) is 6.16. The van der Waals surface area contributed by atoms with Crippen molar-refractivity contribution in [1.29, 1.82) is 0 Å². The predicted molar refractivity (Wildman–Crippen MR) is 85.2 cm³/mol. The molecular formula is C17H17BrFNO. The Kier molecular flexibility index (Phi) is 4.27. The van der Waals surface area contributed by atoms with Gasteiger partial charge in [0.05, 0.1) is 6.61 Å². The van der Waals surface area contributed by atoms with Gasteiger partial charge in [0.25, 0.3) is 0 Å². The van der Waals surface area contributed by atoms with Crippen LogP contribution in [0.4, 0.5) is 4.39 Å². The second-order valence-corrected chi connectivity index (χ2v) is 6.10. The summed E-state index contributed by atoms with van der Waals surface area (Å²) in [5.74, 6) is 0.783. The summed E-state index contributed by atoms with van der Waals surface area (Å²) in [4.78, 5) is 0. The van der Waals surface area contributed by atoms with Crippen LogP contribution >= 0.6 is 15.9 Å². The lowest BCUT2D eigenvalue weighted by Crippen LogP contribution is -2.19. The summed E-state index contributed by atoms with van der Waals surface area (Å²) >= 11 is 3.50. The summed E-state index contributed by atoms with van der Waals surface area (Å²) in [6.45, 7) is 0.762. The maximum atomic E-state index is 13.4. The fourth-order valence-electron chi connectivity index (χ4n) is 2.73. The van der Waals surface area contributed by atoms with E-state index >= 15 is 0 Å². The number of hydrogen-bond acceptors (Lipinski definition) is 2. The minimum Gasteiger partial charge on any atom is -0.493 e. The lowest BCUT2D eigenvalue weighted by molar-refractivity contribution is 0.356. The molecule has 3 rings (SSSR count). The van der Waals surface area contributed by atoms with Crippen LogP contribution in [0, 0.1) is 5.82 Å². The molecule has 1 atom stereocenters. The largest absolute Gasteiger partial charge is 0.493 e. The van der Waals surface area contributed by atoms with E-state index in [1.807, 2.05) is 13.1 Å². The first kappa shape index (κ1) is 14.5. The van der Waals surface area contributed by atoms with Crippen LogP contribution in [-0.4, -0.2) is 13.7 Å². The molecule has 2 nitrogen and oxygen atoms in total. The van der Waals surface area contributed by atoms with E-state index in [4.69, 9.17) is 4.74 Å². The van der Waals surface area contributed by atoms with E-state index < -0.39 is 0 Å². The molecule has 1 aliphatic heterocycles. The van der Waals surface area contributed by atoms with Gasteiger partial charge in [-0.2, -0.15) is 0 Å². The van der Waals surface area contributed by atoms with Crippen LogP contribution in [0.25, 0.3) is 0 Å². The third-order valence-corrected chi connectivity index (χ3v) is 4.67. The smallest absolute Gasteiger partial charge is 0.123 e. The highest BCUT2D eigenvalue weighted by Crippen LogP contribution is 2.30. The van der Waals surface area contributed by atoms with E-state index in [0.717, 1.165) is 35.2 Å². The Morgan fingerprint density at radius 3 is 2.95 bits per heavy atom. The van der Waals surface area contributed by atoms with E-state index in [9.17, 15) is 4.39 Å². The van der Waals surface area contributed by atoms with Gasteiger partial charge in [0.15, 0.2) is 0 Å². The maximum absolute atomic E-state index is 13.4. The summed E-state index contributed by atoms with van der Waals surface area (Å²) in [7, 11) is 1.93. The van der Waals surface area contributed by atoms with Crippen LogP contribution in [0.3, 0.4) is 0 Å². The molecular weight excluding hydrogens is 333 g/mol. The van der Waals surface area contributed by atoms with Crippen LogP contribution in [0.2, 0.25) is 0 Å². The van der Waals surface area contributed by atoms with E-state index in [1.165, 1.54) is 17.2 Å². The molecule has 1 unspecified atom stereocenters. The third-order valence-electron chi connectivity index (χ3n) is 3.90. The fourth-order valence-corrected chi connectivity index (χ4v) is 3.14. The van der Waals surface area contributed by atoms with Crippen molar-refractivity contribution in [2.24, 2.45) is 0 Å². The normalized spacial score (nSPS) is 14.6. The number of likely N-dealkylation sites (N-methyl/N-ethyl adjacent to an activating group) is 1. The van der Waals surface area contributed by atoms with Crippen molar-refractivity contribution in [3.63, 3.8) is 0 Å². The molecule has 1 aliphatic rings. The molecule has 0 radical (unpaired) electrons. The maximum Gasteiger partial charge on any atom is 0.123 e. The van der Waals surface area contributed by atoms with Gasteiger partial charge in [-0.05, 0) is 54.4 Å². The van der Waals surface area contributed by atoms with Crippen molar-refractivity contribution < 1.29 is 9.13 Å². The molecule has 2 aromatic rings. The first-order chi connectivity index (χ1) is 10.2. The van der Waals surface area contributed by atoms with Gasteiger partial charge < -0.3 is 10.1 Å². The van der Waals surface area contributed by atoms with Gasteiger partial charge in [0, 0.05) is 16.9 Å². The molecule has 0 aliphatic carbocycles. The molecule has 0 saturated heterocycles.